The molecule has 3 unspecified atom stereocenters. The van der Waals surface area contributed by atoms with Gasteiger partial charge in [-0.1, -0.05) is 83.8 Å². The van der Waals surface area contributed by atoms with Gasteiger partial charge in [0.25, 0.3) is 0 Å². The molecule has 0 amide bonds. The van der Waals surface area contributed by atoms with Gasteiger partial charge in [-0.2, -0.15) is 0 Å². The Morgan fingerprint density at radius 1 is 1.04 bits per heavy atom. The van der Waals surface area contributed by atoms with Gasteiger partial charge in [0, 0.05) is 0 Å². The normalized spacial score (nSPS) is 21.7. The maximum absolute atomic E-state index is 10.8. The Bertz CT molecular complexity index is 338. The topological polar surface area (TPSA) is 49.8 Å². The molecule has 0 aromatic rings. The quantitative estimate of drug-likeness (QED) is 0.238. The van der Waals surface area contributed by atoms with Gasteiger partial charge in [0.15, 0.2) is 0 Å². The summed E-state index contributed by atoms with van der Waals surface area (Å²) in [5.41, 5.74) is 0. The standard InChI is InChI=1S/C20H36O3/c1-3-4-5-6-7-8-9-10-11-12-13-14-15-18-19(23-18)16-17(2)20(21)22/h14-15,17-19H,3-13,16H2,1-2H3,(H,21,22)/b15-14-. The van der Waals surface area contributed by atoms with Crippen molar-refractivity contribution >= 4 is 5.97 Å². The highest BCUT2D eigenvalue weighted by Gasteiger charge is 2.38. The van der Waals surface area contributed by atoms with Gasteiger partial charge in [-0.25, -0.2) is 0 Å². The zero-order valence-corrected chi connectivity index (χ0v) is 15.1. The molecule has 0 aliphatic carbocycles. The molecule has 0 radical (unpaired) electrons. The number of aliphatic carboxylic acids is 1. The zero-order chi connectivity index (χ0) is 16.9. The smallest absolute Gasteiger partial charge is 0.306 e. The number of ether oxygens (including phenoxy) is 1. The second-order valence-electron chi connectivity index (χ2n) is 7.01. The van der Waals surface area contributed by atoms with Crippen molar-refractivity contribution in [3.05, 3.63) is 12.2 Å². The van der Waals surface area contributed by atoms with E-state index in [1.54, 1.807) is 6.92 Å². The average Bonchev–Trinajstić information content (AvgIpc) is 3.26. The number of carbonyl (C=O) groups is 1. The fraction of sp³-hybridized carbons (Fsp3) is 0.850. The minimum Gasteiger partial charge on any atom is -0.481 e. The molecule has 0 aromatic carbocycles. The Hall–Kier alpha value is -0.830. The van der Waals surface area contributed by atoms with Crippen LogP contribution in [-0.4, -0.2) is 23.3 Å². The lowest BCUT2D eigenvalue weighted by molar-refractivity contribution is -0.141. The molecule has 1 saturated heterocycles. The maximum atomic E-state index is 10.8. The molecule has 1 aliphatic heterocycles. The monoisotopic (exact) mass is 324 g/mol. The van der Waals surface area contributed by atoms with Crippen molar-refractivity contribution in [3.63, 3.8) is 0 Å². The van der Waals surface area contributed by atoms with Crippen LogP contribution < -0.4 is 0 Å². The van der Waals surface area contributed by atoms with E-state index in [1.165, 1.54) is 64.2 Å². The molecule has 1 aliphatic rings. The van der Waals surface area contributed by atoms with E-state index in [0.29, 0.717) is 6.42 Å². The van der Waals surface area contributed by atoms with Gasteiger partial charge >= 0.3 is 5.97 Å². The highest BCUT2D eigenvalue weighted by molar-refractivity contribution is 5.69. The van der Waals surface area contributed by atoms with Crippen LogP contribution in [0.25, 0.3) is 0 Å². The molecule has 1 fully saturated rings. The second-order valence-corrected chi connectivity index (χ2v) is 7.01. The van der Waals surface area contributed by atoms with Crippen LogP contribution in [0.2, 0.25) is 0 Å². The first-order valence-electron chi connectivity index (χ1n) is 9.70. The summed E-state index contributed by atoms with van der Waals surface area (Å²) in [4.78, 5) is 10.8. The highest BCUT2D eigenvalue weighted by Crippen LogP contribution is 2.29. The van der Waals surface area contributed by atoms with Crippen molar-refractivity contribution in [2.75, 3.05) is 0 Å². The Labute approximate surface area is 142 Å². The second kappa shape index (κ2) is 12.6. The molecule has 0 bridgehead atoms. The van der Waals surface area contributed by atoms with Gasteiger partial charge in [0.05, 0.1) is 12.0 Å². The first kappa shape index (κ1) is 20.2. The summed E-state index contributed by atoms with van der Waals surface area (Å²) >= 11 is 0. The molecule has 0 saturated carbocycles. The predicted octanol–water partition coefficient (Wildman–Crippen LogP) is 5.73. The van der Waals surface area contributed by atoms with Crippen LogP contribution in [-0.2, 0) is 9.53 Å². The molecular weight excluding hydrogens is 288 g/mol. The molecule has 23 heavy (non-hydrogen) atoms. The summed E-state index contributed by atoms with van der Waals surface area (Å²) in [5.74, 6) is -1.03. The van der Waals surface area contributed by atoms with Crippen LogP contribution in [0.1, 0.15) is 90.9 Å². The van der Waals surface area contributed by atoms with Gasteiger partial charge in [0.2, 0.25) is 0 Å². The van der Waals surface area contributed by atoms with Crippen molar-refractivity contribution in [2.24, 2.45) is 5.92 Å². The molecule has 1 rings (SSSR count). The lowest BCUT2D eigenvalue weighted by Gasteiger charge is -2.01. The zero-order valence-electron chi connectivity index (χ0n) is 15.1. The van der Waals surface area contributed by atoms with Crippen molar-refractivity contribution in [2.45, 2.75) is 103 Å². The Morgan fingerprint density at radius 3 is 2.17 bits per heavy atom. The SMILES string of the molecule is CCCCCCCCCCCC/C=C\C1OC1CC(C)C(=O)O. The van der Waals surface area contributed by atoms with E-state index in [0.717, 1.165) is 6.42 Å². The fourth-order valence-corrected chi connectivity index (χ4v) is 2.94. The van der Waals surface area contributed by atoms with Crippen LogP contribution >= 0.6 is 0 Å². The molecule has 1 N–H and O–H groups in total. The number of carboxylic acid groups (broad SMARTS) is 1. The molecule has 134 valence electrons. The van der Waals surface area contributed by atoms with Crippen molar-refractivity contribution < 1.29 is 14.6 Å². The van der Waals surface area contributed by atoms with E-state index in [9.17, 15) is 4.79 Å². The van der Waals surface area contributed by atoms with E-state index < -0.39 is 5.97 Å². The van der Waals surface area contributed by atoms with E-state index in [2.05, 4.69) is 19.1 Å². The van der Waals surface area contributed by atoms with E-state index in [-0.39, 0.29) is 18.1 Å². The van der Waals surface area contributed by atoms with Gasteiger partial charge in [-0.15, -0.1) is 0 Å². The molecule has 0 spiro atoms. The summed E-state index contributed by atoms with van der Waals surface area (Å²) < 4.78 is 5.49. The molecule has 0 aromatic heterocycles. The van der Waals surface area contributed by atoms with Crippen LogP contribution in [0.5, 0.6) is 0 Å². The first-order valence-corrected chi connectivity index (χ1v) is 9.70. The molecule has 1 heterocycles. The Balaban J connectivity index is 1.84. The van der Waals surface area contributed by atoms with Crippen LogP contribution in [0.15, 0.2) is 12.2 Å². The summed E-state index contributed by atoms with van der Waals surface area (Å²) in [7, 11) is 0. The highest BCUT2D eigenvalue weighted by atomic mass is 16.6. The molecular formula is C20H36O3. The number of hydrogen-bond acceptors (Lipinski definition) is 2. The van der Waals surface area contributed by atoms with Gasteiger partial charge < -0.3 is 9.84 Å². The minimum absolute atomic E-state index is 0.130. The number of unbranched alkanes of at least 4 members (excludes halogenated alkanes) is 10. The number of rotatable bonds is 15. The van der Waals surface area contributed by atoms with Crippen molar-refractivity contribution in [1.29, 1.82) is 0 Å². The maximum Gasteiger partial charge on any atom is 0.306 e. The summed E-state index contributed by atoms with van der Waals surface area (Å²) in [5, 5.41) is 8.86. The molecule has 3 atom stereocenters. The average molecular weight is 325 g/mol. The largest absolute Gasteiger partial charge is 0.481 e. The van der Waals surface area contributed by atoms with Crippen LogP contribution in [0, 0.1) is 5.92 Å². The van der Waals surface area contributed by atoms with E-state index >= 15 is 0 Å². The number of carboxylic acids is 1. The Kier molecular flexibility index (Phi) is 11.1. The van der Waals surface area contributed by atoms with Gasteiger partial charge in [0.1, 0.15) is 6.10 Å². The lowest BCUT2D eigenvalue weighted by Crippen LogP contribution is -2.12. The minimum atomic E-state index is -0.728. The van der Waals surface area contributed by atoms with Crippen molar-refractivity contribution in [1.82, 2.24) is 0 Å². The fourth-order valence-electron chi connectivity index (χ4n) is 2.94. The first-order chi connectivity index (χ1) is 11.1. The number of hydrogen-bond donors (Lipinski definition) is 1. The van der Waals surface area contributed by atoms with Gasteiger partial charge in [-0.05, 0) is 19.3 Å². The van der Waals surface area contributed by atoms with Crippen molar-refractivity contribution in [3.8, 4) is 0 Å². The number of allylic oxidation sites excluding steroid dienone is 1. The van der Waals surface area contributed by atoms with Crippen LogP contribution in [0.4, 0.5) is 0 Å². The van der Waals surface area contributed by atoms with E-state index in [4.69, 9.17) is 9.84 Å². The summed E-state index contributed by atoms with van der Waals surface area (Å²) in [6, 6.07) is 0. The van der Waals surface area contributed by atoms with Crippen LogP contribution in [0.3, 0.4) is 0 Å². The molecule has 3 nitrogen and oxygen atoms in total. The lowest BCUT2D eigenvalue weighted by atomic mass is 10.0. The third-order valence-electron chi connectivity index (χ3n) is 4.68. The van der Waals surface area contributed by atoms with Gasteiger partial charge in [-0.3, -0.25) is 4.79 Å². The predicted molar refractivity (Wildman–Crippen MR) is 95.7 cm³/mol. The van der Waals surface area contributed by atoms with E-state index in [1.807, 2.05) is 0 Å². The number of epoxide rings is 1. The Morgan fingerprint density at radius 2 is 1.61 bits per heavy atom. The third-order valence-corrected chi connectivity index (χ3v) is 4.68. The summed E-state index contributed by atoms with van der Waals surface area (Å²) in [6.07, 6.45) is 20.1. The third kappa shape index (κ3) is 10.5. The summed E-state index contributed by atoms with van der Waals surface area (Å²) in [6.45, 7) is 4.01. The molecule has 3 heteroatoms.